The van der Waals surface area contributed by atoms with Gasteiger partial charge in [-0.05, 0) is 96.3 Å². The van der Waals surface area contributed by atoms with E-state index < -0.39 is 49.5 Å². The van der Waals surface area contributed by atoms with Gasteiger partial charge >= 0.3 is 5.97 Å². The van der Waals surface area contributed by atoms with E-state index in [1.165, 1.54) is 231 Å². The number of unbranched alkanes of at least 4 members (excludes halogenated alkanes) is 39. The average Bonchev–Trinajstić information content (AvgIpc) is 3.52. The zero-order valence-electron chi connectivity index (χ0n) is 53.7. The summed E-state index contributed by atoms with van der Waals surface area (Å²) in [6, 6.07) is -0.830. The van der Waals surface area contributed by atoms with Crippen molar-refractivity contribution >= 4 is 11.9 Å². The largest absolute Gasteiger partial charge is 0.466 e. The molecule has 0 aromatic heterocycles. The van der Waals surface area contributed by atoms with Crippen molar-refractivity contribution in [2.75, 3.05) is 19.8 Å². The first-order chi connectivity index (χ1) is 40.7. The molecule has 1 aliphatic rings. The quantitative estimate of drug-likeness (QED) is 0.0195. The number of aliphatic hydroxyl groups excluding tert-OH is 5. The van der Waals surface area contributed by atoms with Crippen LogP contribution in [0.3, 0.4) is 0 Å². The molecule has 1 amide bonds. The topological polar surface area (TPSA) is 175 Å². The molecule has 1 aliphatic heterocycles. The van der Waals surface area contributed by atoms with Gasteiger partial charge in [0.25, 0.3) is 0 Å². The molecule has 11 nitrogen and oxygen atoms in total. The second-order valence-corrected chi connectivity index (χ2v) is 24.2. The maximum Gasteiger partial charge on any atom is 0.305 e. The summed E-state index contributed by atoms with van der Waals surface area (Å²) < 4.78 is 16.7. The molecule has 0 aromatic rings. The zero-order valence-corrected chi connectivity index (χ0v) is 53.7. The predicted molar refractivity (Wildman–Crippen MR) is 347 cm³/mol. The van der Waals surface area contributed by atoms with Crippen LogP contribution in [0.2, 0.25) is 0 Å². The van der Waals surface area contributed by atoms with Crippen molar-refractivity contribution in [1.82, 2.24) is 5.32 Å². The number of esters is 1. The highest BCUT2D eigenvalue weighted by Gasteiger charge is 2.44. The molecule has 0 aromatic carbocycles. The maximum absolute atomic E-state index is 13.1. The van der Waals surface area contributed by atoms with E-state index in [-0.39, 0.29) is 18.5 Å². The first-order valence-corrected chi connectivity index (χ1v) is 35.1. The third-order valence-electron chi connectivity index (χ3n) is 16.3. The van der Waals surface area contributed by atoms with E-state index in [9.17, 15) is 35.1 Å². The molecule has 83 heavy (non-hydrogen) atoms. The average molecular weight is 1170 g/mol. The van der Waals surface area contributed by atoms with Crippen molar-refractivity contribution in [1.29, 1.82) is 0 Å². The highest BCUT2D eigenvalue weighted by atomic mass is 16.7. The minimum Gasteiger partial charge on any atom is -0.466 e. The summed E-state index contributed by atoms with van der Waals surface area (Å²) in [6.45, 7) is 4.31. The van der Waals surface area contributed by atoms with E-state index in [2.05, 4.69) is 67.8 Å². The Morgan fingerprint density at radius 2 is 0.831 bits per heavy atom. The monoisotopic (exact) mass is 1170 g/mol. The molecule has 1 fully saturated rings. The smallest absolute Gasteiger partial charge is 0.305 e. The molecular formula is C72H131NO10. The highest BCUT2D eigenvalue weighted by molar-refractivity contribution is 5.76. The van der Waals surface area contributed by atoms with Crippen molar-refractivity contribution < 1.29 is 49.3 Å². The summed E-state index contributed by atoms with van der Waals surface area (Å²) in [5, 5.41) is 54.5. The number of nitrogens with one attached hydrogen (secondary N) is 1. The van der Waals surface area contributed by atoms with Crippen molar-refractivity contribution in [3.63, 3.8) is 0 Å². The fourth-order valence-electron chi connectivity index (χ4n) is 10.8. The molecule has 7 atom stereocenters. The minimum absolute atomic E-state index is 0.00838. The molecule has 484 valence electrons. The van der Waals surface area contributed by atoms with Crippen molar-refractivity contribution in [2.24, 2.45) is 0 Å². The van der Waals surface area contributed by atoms with E-state index in [1.807, 2.05) is 6.08 Å². The molecule has 1 heterocycles. The summed E-state index contributed by atoms with van der Waals surface area (Å²) in [5.74, 6) is -0.200. The molecule has 0 bridgehead atoms. The van der Waals surface area contributed by atoms with Crippen LogP contribution in [0, 0.1) is 0 Å². The molecule has 0 spiro atoms. The van der Waals surface area contributed by atoms with Crippen LogP contribution in [0.15, 0.2) is 60.8 Å². The molecule has 7 unspecified atom stereocenters. The lowest BCUT2D eigenvalue weighted by molar-refractivity contribution is -0.302. The number of hydrogen-bond donors (Lipinski definition) is 6. The number of carbonyl (C=O) groups excluding carboxylic acids is 2. The van der Waals surface area contributed by atoms with Crippen molar-refractivity contribution in [2.45, 2.75) is 365 Å². The Hall–Kier alpha value is -2.64. The van der Waals surface area contributed by atoms with E-state index in [4.69, 9.17) is 14.2 Å². The molecule has 0 aliphatic carbocycles. The molecular weight excluding hydrogens is 1040 g/mol. The van der Waals surface area contributed by atoms with Crippen molar-refractivity contribution in [3.05, 3.63) is 60.8 Å². The summed E-state index contributed by atoms with van der Waals surface area (Å²) in [6.07, 6.45) is 70.6. The van der Waals surface area contributed by atoms with Crippen LogP contribution in [0.4, 0.5) is 0 Å². The van der Waals surface area contributed by atoms with Crippen LogP contribution >= 0.6 is 0 Å². The van der Waals surface area contributed by atoms with Gasteiger partial charge in [0.2, 0.25) is 5.91 Å². The minimum atomic E-state index is -1.58. The van der Waals surface area contributed by atoms with Gasteiger partial charge in [0.15, 0.2) is 6.29 Å². The van der Waals surface area contributed by atoms with Gasteiger partial charge in [0, 0.05) is 12.8 Å². The van der Waals surface area contributed by atoms with Crippen LogP contribution in [-0.4, -0.2) is 100 Å². The number of hydrogen-bond acceptors (Lipinski definition) is 10. The SMILES string of the molecule is CCCC/C=C\CCCCCCCC(=O)OCCCCCCCCCCC/C=C\C/C=C\CCCCCCCCCCCCCCCC(=O)NC(COC1OC(CO)C(O)C(O)C1O)C(O)/C=C/CC/C=C/CCCCCCCCCCC. The Kier molecular flexibility index (Phi) is 57.6. The Morgan fingerprint density at radius 1 is 0.446 bits per heavy atom. The van der Waals surface area contributed by atoms with Gasteiger partial charge in [0.05, 0.1) is 32.0 Å². The maximum atomic E-state index is 13.1. The highest BCUT2D eigenvalue weighted by Crippen LogP contribution is 2.23. The number of amides is 1. The van der Waals surface area contributed by atoms with Crippen LogP contribution < -0.4 is 5.32 Å². The van der Waals surface area contributed by atoms with Gasteiger partial charge in [-0.2, -0.15) is 0 Å². The van der Waals surface area contributed by atoms with Crippen LogP contribution in [0.1, 0.15) is 322 Å². The summed E-state index contributed by atoms with van der Waals surface area (Å²) in [5.41, 5.74) is 0. The van der Waals surface area contributed by atoms with Crippen LogP contribution in [0.25, 0.3) is 0 Å². The van der Waals surface area contributed by atoms with E-state index >= 15 is 0 Å². The van der Waals surface area contributed by atoms with Gasteiger partial charge in [0.1, 0.15) is 24.4 Å². The fourth-order valence-corrected chi connectivity index (χ4v) is 10.8. The first-order valence-electron chi connectivity index (χ1n) is 35.1. The molecule has 11 heteroatoms. The summed E-state index contributed by atoms with van der Waals surface area (Å²) in [4.78, 5) is 25.1. The molecule has 0 radical (unpaired) electrons. The van der Waals surface area contributed by atoms with Gasteiger partial charge < -0.3 is 45.1 Å². The molecule has 0 saturated carbocycles. The lowest BCUT2D eigenvalue weighted by Gasteiger charge is -2.40. The number of carbonyl (C=O) groups is 2. The van der Waals surface area contributed by atoms with Crippen LogP contribution in [0.5, 0.6) is 0 Å². The normalized spacial score (nSPS) is 18.5. The standard InChI is InChI=1S/C72H131NO10/c1-3-5-7-9-11-13-15-16-32-35-39-42-46-50-54-58-65(75)64(63-82-72-71(80)70(79)69(78)66(62-74)83-72)73-67(76)59-55-51-47-43-40-36-33-30-28-26-24-22-20-18-17-19-21-23-25-27-29-31-34-37-41-45-49-53-57-61-81-68(77)60-56-52-48-44-38-14-12-10-8-6-4-2/h10,12,17,19,23,25,39,42,54,58,64-66,69-72,74-75,78-80H,3-9,11,13-16,18,20-22,24,26-38,40-41,43-53,55-57,59-63H2,1-2H3,(H,73,76)/b12-10-,19-17-,25-23-,42-39+,58-54+. The van der Waals surface area contributed by atoms with Gasteiger partial charge in [-0.3, -0.25) is 9.59 Å². The van der Waals surface area contributed by atoms with Crippen LogP contribution in [-0.2, 0) is 23.8 Å². The first kappa shape index (κ1) is 78.4. The van der Waals surface area contributed by atoms with Crippen molar-refractivity contribution in [3.8, 4) is 0 Å². The van der Waals surface area contributed by atoms with Gasteiger partial charge in [-0.1, -0.05) is 274 Å². The number of rotatable bonds is 61. The molecule has 1 rings (SSSR count). The Bertz CT molecular complexity index is 1560. The van der Waals surface area contributed by atoms with Gasteiger partial charge in [-0.15, -0.1) is 0 Å². The van der Waals surface area contributed by atoms with E-state index in [1.54, 1.807) is 6.08 Å². The Balaban J connectivity index is 2.03. The van der Waals surface area contributed by atoms with E-state index in [0.717, 1.165) is 64.2 Å². The third-order valence-corrected chi connectivity index (χ3v) is 16.3. The Morgan fingerprint density at radius 3 is 1.30 bits per heavy atom. The molecule has 1 saturated heterocycles. The number of ether oxygens (including phenoxy) is 3. The zero-order chi connectivity index (χ0) is 60.2. The number of allylic oxidation sites excluding steroid dienone is 9. The lowest BCUT2D eigenvalue weighted by atomic mass is 9.99. The summed E-state index contributed by atoms with van der Waals surface area (Å²) in [7, 11) is 0. The molecule has 6 N–H and O–H groups in total. The predicted octanol–water partition coefficient (Wildman–Crippen LogP) is 17.7. The lowest BCUT2D eigenvalue weighted by Crippen LogP contribution is -2.60. The second kappa shape index (κ2) is 61.0. The third kappa shape index (κ3) is 50.1. The number of aliphatic hydroxyl groups is 5. The van der Waals surface area contributed by atoms with E-state index in [0.29, 0.717) is 19.4 Å². The Labute approximate surface area is 509 Å². The fraction of sp³-hybridized carbons (Fsp3) is 0.833. The second-order valence-electron chi connectivity index (χ2n) is 24.2. The van der Waals surface area contributed by atoms with Gasteiger partial charge in [-0.25, -0.2) is 0 Å². The summed E-state index contributed by atoms with van der Waals surface area (Å²) >= 11 is 0.